The van der Waals surface area contributed by atoms with Gasteiger partial charge >= 0.3 is 0 Å². The zero-order valence-corrected chi connectivity index (χ0v) is 9.25. The Morgan fingerprint density at radius 3 is 2.60 bits per heavy atom. The monoisotopic (exact) mass is 200 g/mol. The molecule has 0 amide bonds. The molecule has 0 saturated heterocycles. The zero-order chi connectivity index (χ0) is 10.7. The van der Waals surface area contributed by atoms with E-state index in [1.807, 2.05) is 6.20 Å². The molecule has 0 aliphatic heterocycles. The minimum Gasteiger partial charge on any atom is -0.278 e. The fraction of sp³-hybridized carbons (Fsp3) is 0.308. The molecule has 0 radical (unpaired) electrons. The number of rotatable bonds is 3. The highest BCUT2D eigenvalue weighted by atomic mass is 15.1. The van der Waals surface area contributed by atoms with Crippen molar-refractivity contribution < 1.29 is 0 Å². The molecule has 2 rings (SSSR count). The van der Waals surface area contributed by atoms with Crippen LogP contribution in [0.25, 0.3) is 11.3 Å². The Balaban J connectivity index is 2.36. The van der Waals surface area contributed by atoms with Gasteiger partial charge in [0, 0.05) is 0 Å². The molecule has 2 nitrogen and oxygen atoms in total. The normalized spacial score (nSPS) is 10.5. The van der Waals surface area contributed by atoms with Crippen LogP contribution in [0, 0.1) is 6.92 Å². The first kappa shape index (κ1) is 9.97. The van der Waals surface area contributed by atoms with Gasteiger partial charge < -0.3 is 0 Å². The minimum absolute atomic E-state index is 1.08. The lowest BCUT2D eigenvalue weighted by Crippen LogP contribution is -1.86. The summed E-state index contributed by atoms with van der Waals surface area (Å²) < 4.78 is 0. The van der Waals surface area contributed by atoms with Gasteiger partial charge in [-0.3, -0.25) is 5.10 Å². The van der Waals surface area contributed by atoms with Gasteiger partial charge in [-0.2, -0.15) is 5.10 Å². The molecular formula is C13H16N2. The van der Waals surface area contributed by atoms with Gasteiger partial charge in [0.15, 0.2) is 0 Å². The van der Waals surface area contributed by atoms with Crippen LogP contribution < -0.4 is 0 Å². The molecule has 0 bridgehead atoms. The van der Waals surface area contributed by atoms with Crippen LogP contribution >= 0.6 is 0 Å². The van der Waals surface area contributed by atoms with E-state index in [1.165, 1.54) is 16.7 Å². The Morgan fingerprint density at radius 1 is 1.20 bits per heavy atom. The molecule has 2 heteroatoms. The summed E-state index contributed by atoms with van der Waals surface area (Å²) in [6.45, 7) is 4.29. The molecule has 0 unspecified atom stereocenters. The summed E-state index contributed by atoms with van der Waals surface area (Å²) in [5.41, 5.74) is 4.98. The summed E-state index contributed by atoms with van der Waals surface area (Å²) in [6, 6.07) is 8.54. The molecule has 78 valence electrons. The molecule has 0 aliphatic rings. The van der Waals surface area contributed by atoms with E-state index in [0.717, 1.165) is 18.5 Å². The van der Waals surface area contributed by atoms with Crippen LogP contribution in [0.4, 0.5) is 0 Å². The summed E-state index contributed by atoms with van der Waals surface area (Å²) in [5.74, 6) is 0. The third-order valence-electron chi connectivity index (χ3n) is 2.58. The SMILES string of the molecule is CCCc1cn[nH]c1-c1ccc(C)cc1. The Bertz CT molecular complexity index is 426. The number of hydrogen-bond acceptors (Lipinski definition) is 1. The van der Waals surface area contributed by atoms with E-state index < -0.39 is 0 Å². The molecule has 1 N–H and O–H groups in total. The smallest absolute Gasteiger partial charge is 0.0682 e. The van der Waals surface area contributed by atoms with Crippen LogP contribution in [0.2, 0.25) is 0 Å². The summed E-state index contributed by atoms with van der Waals surface area (Å²) in [6.07, 6.45) is 4.16. The lowest BCUT2D eigenvalue weighted by Gasteiger charge is -2.02. The van der Waals surface area contributed by atoms with E-state index >= 15 is 0 Å². The number of nitrogens with zero attached hydrogens (tertiary/aromatic N) is 1. The highest BCUT2D eigenvalue weighted by molar-refractivity contribution is 5.62. The van der Waals surface area contributed by atoms with E-state index in [2.05, 4.69) is 48.3 Å². The van der Waals surface area contributed by atoms with E-state index in [-0.39, 0.29) is 0 Å². The van der Waals surface area contributed by atoms with E-state index in [1.54, 1.807) is 0 Å². The molecule has 1 heterocycles. The van der Waals surface area contributed by atoms with Gasteiger partial charge in [0.05, 0.1) is 11.9 Å². The number of H-pyrrole nitrogens is 1. The van der Waals surface area contributed by atoms with E-state index in [9.17, 15) is 0 Å². The molecular weight excluding hydrogens is 184 g/mol. The summed E-state index contributed by atoms with van der Waals surface area (Å²) in [5, 5.41) is 7.19. The van der Waals surface area contributed by atoms with Crippen molar-refractivity contribution in [2.45, 2.75) is 26.7 Å². The van der Waals surface area contributed by atoms with Crippen molar-refractivity contribution >= 4 is 0 Å². The highest BCUT2D eigenvalue weighted by Gasteiger charge is 2.05. The molecule has 2 aromatic rings. The topological polar surface area (TPSA) is 28.7 Å². The van der Waals surface area contributed by atoms with Gasteiger partial charge in [-0.15, -0.1) is 0 Å². The highest BCUT2D eigenvalue weighted by Crippen LogP contribution is 2.22. The number of benzene rings is 1. The van der Waals surface area contributed by atoms with Gasteiger partial charge in [0.2, 0.25) is 0 Å². The molecule has 1 aromatic carbocycles. The maximum absolute atomic E-state index is 4.11. The molecule has 1 aromatic heterocycles. The van der Waals surface area contributed by atoms with Crippen LogP contribution in [0.5, 0.6) is 0 Å². The van der Waals surface area contributed by atoms with Crippen molar-refractivity contribution in [2.75, 3.05) is 0 Å². The van der Waals surface area contributed by atoms with Crippen molar-refractivity contribution in [3.05, 3.63) is 41.6 Å². The molecule has 0 fully saturated rings. The van der Waals surface area contributed by atoms with E-state index in [4.69, 9.17) is 0 Å². The number of hydrogen-bond donors (Lipinski definition) is 1. The van der Waals surface area contributed by atoms with Crippen molar-refractivity contribution in [1.82, 2.24) is 10.2 Å². The molecule has 0 spiro atoms. The van der Waals surface area contributed by atoms with Crippen molar-refractivity contribution in [3.63, 3.8) is 0 Å². The predicted molar refractivity (Wildman–Crippen MR) is 62.8 cm³/mol. The maximum atomic E-state index is 4.11. The largest absolute Gasteiger partial charge is 0.278 e. The number of nitrogens with one attached hydrogen (secondary N) is 1. The Kier molecular flexibility index (Phi) is 2.86. The van der Waals surface area contributed by atoms with Crippen LogP contribution in [-0.4, -0.2) is 10.2 Å². The average molecular weight is 200 g/mol. The maximum Gasteiger partial charge on any atom is 0.0682 e. The molecule has 15 heavy (non-hydrogen) atoms. The molecule has 0 saturated carbocycles. The first-order valence-corrected chi connectivity index (χ1v) is 5.40. The van der Waals surface area contributed by atoms with Crippen molar-refractivity contribution in [1.29, 1.82) is 0 Å². The fourth-order valence-electron chi connectivity index (χ4n) is 1.74. The second-order valence-electron chi connectivity index (χ2n) is 3.89. The van der Waals surface area contributed by atoms with Gasteiger partial charge in [-0.05, 0) is 24.5 Å². The second kappa shape index (κ2) is 4.30. The van der Waals surface area contributed by atoms with Crippen LogP contribution in [-0.2, 0) is 6.42 Å². The third-order valence-corrected chi connectivity index (χ3v) is 2.58. The van der Waals surface area contributed by atoms with Crippen molar-refractivity contribution in [2.24, 2.45) is 0 Å². The zero-order valence-electron chi connectivity index (χ0n) is 9.25. The number of aromatic nitrogens is 2. The lowest BCUT2D eigenvalue weighted by molar-refractivity contribution is 0.924. The Morgan fingerprint density at radius 2 is 1.93 bits per heavy atom. The van der Waals surface area contributed by atoms with E-state index in [0.29, 0.717) is 0 Å². The number of aromatic amines is 1. The van der Waals surface area contributed by atoms with Crippen LogP contribution in [0.3, 0.4) is 0 Å². The first-order valence-electron chi connectivity index (χ1n) is 5.40. The van der Waals surface area contributed by atoms with Crippen molar-refractivity contribution in [3.8, 4) is 11.3 Å². The summed E-state index contributed by atoms with van der Waals surface area (Å²) in [7, 11) is 0. The average Bonchev–Trinajstić information content (AvgIpc) is 2.68. The van der Waals surface area contributed by atoms with Gasteiger partial charge in [0.25, 0.3) is 0 Å². The van der Waals surface area contributed by atoms with Crippen LogP contribution in [0.1, 0.15) is 24.5 Å². The van der Waals surface area contributed by atoms with Gasteiger partial charge in [-0.1, -0.05) is 43.2 Å². The minimum atomic E-state index is 1.08. The summed E-state index contributed by atoms with van der Waals surface area (Å²) in [4.78, 5) is 0. The standard InChI is InChI=1S/C13H16N2/c1-3-4-12-9-14-15-13(12)11-7-5-10(2)6-8-11/h5-9H,3-4H2,1-2H3,(H,14,15). The fourth-order valence-corrected chi connectivity index (χ4v) is 1.74. The predicted octanol–water partition coefficient (Wildman–Crippen LogP) is 3.34. The van der Waals surface area contributed by atoms with Crippen LogP contribution in [0.15, 0.2) is 30.5 Å². The Labute approximate surface area is 90.3 Å². The quantitative estimate of drug-likeness (QED) is 0.808. The molecule has 0 atom stereocenters. The third kappa shape index (κ3) is 2.09. The lowest BCUT2D eigenvalue weighted by atomic mass is 10.0. The number of aryl methyl sites for hydroxylation is 2. The Hall–Kier alpha value is -1.57. The van der Waals surface area contributed by atoms with Gasteiger partial charge in [-0.25, -0.2) is 0 Å². The van der Waals surface area contributed by atoms with Gasteiger partial charge in [0.1, 0.15) is 0 Å². The first-order chi connectivity index (χ1) is 7.31. The molecule has 0 aliphatic carbocycles. The second-order valence-corrected chi connectivity index (χ2v) is 3.89. The summed E-state index contributed by atoms with van der Waals surface area (Å²) >= 11 is 0.